The Labute approximate surface area is 78.6 Å². The highest BCUT2D eigenvalue weighted by atomic mass is 16.5. The van der Waals surface area contributed by atoms with Gasteiger partial charge in [0.25, 0.3) is 0 Å². The summed E-state index contributed by atoms with van der Waals surface area (Å²) in [4.78, 5) is 10.1. The predicted molar refractivity (Wildman–Crippen MR) is 54.2 cm³/mol. The van der Waals surface area contributed by atoms with Crippen LogP contribution in [0.4, 0.5) is 0 Å². The van der Waals surface area contributed by atoms with E-state index in [1.165, 1.54) is 0 Å². The molecule has 0 spiro atoms. The number of ether oxygens (including phenoxy) is 1. The molecule has 0 aromatic rings. The molecule has 0 aromatic heterocycles. The fraction of sp³-hybridized carbons (Fsp3) is 0.556. The molecule has 1 aliphatic rings. The van der Waals surface area contributed by atoms with Gasteiger partial charge in [0.05, 0.1) is 13.2 Å². The van der Waals surface area contributed by atoms with Gasteiger partial charge < -0.3 is 9.64 Å². The first-order valence-electron chi connectivity index (χ1n) is 4.27. The lowest BCUT2D eigenvalue weighted by Gasteiger charge is -2.27. The minimum Gasteiger partial charge on any atom is -0.378 e. The zero-order valence-electron chi connectivity index (χ0n) is 7.99. The average Bonchev–Trinajstić information content (AvgIpc) is 2.15. The maximum atomic E-state index is 5.22. The summed E-state index contributed by atoms with van der Waals surface area (Å²) >= 11 is 0. The highest BCUT2D eigenvalue weighted by Crippen LogP contribution is 2.02. The first kappa shape index (κ1) is 9.92. The van der Waals surface area contributed by atoms with Crippen LogP contribution >= 0.6 is 0 Å². The van der Waals surface area contributed by atoms with Crippen LogP contribution in [-0.4, -0.2) is 43.9 Å². The third kappa shape index (κ3) is 2.99. The van der Waals surface area contributed by atoms with Crippen LogP contribution in [0.1, 0.15) is 6.92 Å². The SMILES string of the molecule is C=N/C(=N\C(=C)C)N1CCOCC1. The Bertz CT molecular complexity index is 229. The van der Waals surface area contributed by atoms with Gasteiger partial charge in [0.1, 0.15) is 0 Å². The van der Waals surface area contributed by atoms with Crippen LogP contribution in [0.25, 0.3) is 0 Å². The number of guanidine groups is 1. The van der Waals surface area contributed by atoms with Crippen LogP contribution in [0.3, 0.4) is 0 Å². The maximum absolute atomic E-state index is 5.22. The van der Waals surface area contributed by atoms with Crippen molar-refractivity contribution in [3.8, 4) is 0 Å². The van der Waals surface area contributed by atoms with Gasteiger partial charge in [-0.3, -0.25) is 0 Å². The van der Waals surface area contributed by atoms with Crippen molar-refractivity contribution in [1.82, 2.24) is 4.90 Å². The molecule has 1 fully saturated rings. The molecule has 13 heavy (non-hydrogen) atoms. The fourth-order valence-electron chi connectivity index (χ4n) is 1.14. The molecule has 0 aliphatic carbocycles. The molecular weight excluding hydrogens is 166 g/mol. The van der Waals surface area contributed by atoms with E-state index < -0.39 is 0 Å². The van der Waals surface area contributed by atoms with Crippen molar-refractivity contribution in [1.29, 1.82) is 0 Å². The van der Waals surface area contributed by atoms with Gasteiger partial charge in [-0.05, 0) is 13.6 Å². The summed E-state index contributed by atoms with van der Waals surface area (Å²) in [5.74, 6) is 0.649. The van der Waals surface area contributed by atoms with Crippen molar-refractivity contribution in [2.75, 3.05) is 26.3 Å². The Kier molecular flexibility index (Phi) is 3.64. The summed E-state index contributed by atoms with van der Waals surface area (Å²) in [6.45, 7) is 12.1. The van der Waals surface area contributed by atoms with Crippen LogP contribution in [-0.2, 0) is 4.74 Å². The van der Waals surface area contributed by atoms with Crippen molar-refractivity contribution >= 4 is 12.7 Å². The minimum atomic E-state index is 0.649. The van der Waals surface area contributed by atoms with E-state index in [1.54, 1.807) is 0 Å². The molecule has 1 saturated heterocycles. The van der Waals surface area contributed by atoms with Gasteiger partial charge >= 0.3 is 0 Å². The normalized spacial score (nSPS) is 18.5. The average molecular weight is 181 g/mol. The minimum absolute atomic E-state index is 0.649. The Morgan fingerprint density at radius 3 is 2.46 bits per heavy atom. The highest BCUT2D eigenvalue weighted by molar-refractivity contribution is 5.85. The van der Waals surface area contributed by atoms with Gasteiger partial charge in [0.15, 0.2) is 0 Å². The van der Waals surface area contributed by atoms with E-state index >= 15 is 0 Å². The fourth-order valence-corrected chi connectivity index (χ4v) is 1.14. The monoisotopic (exact) mass is 181 g/mol. The third-order valence-electron chi connectivity index (χ3n) is 1.73. The first-order valence-corrected chi connectivity index (χ1v) is 4.27. The van der Waals surface area contributed by atoms with Gasteiger partial charge in [-0.2, -0.15) is 0 Å². The standard InChI is InChI=1S/C9H15N3O/c1-8(2)11-9(10-3)12-4-6-13-7-5-12/h1,3-7H2,2H3/b11-9+. The number of allylic oxidation sites excluding steroid dienone is 1. The maximum Gasteiger partial charge on any atom is 0.225 e. The molecular formula is C9H15N3O. The molecule has 4 nitrogen and oxygen atoms in total. The Morgan fingerprint density at radius 2 is 2.00 bits per heavy atom. The largest absolute Gasteiger partial charge is 0.378 e. The van der Waals surface area contributed by atoms with Gasteiger partial charge in [-0.1, -0.05) is 6.58 Å². The summed E-state index contributed by atoms with van der Waals surface area (Å²) in [6.07, 6.45) is 0. The number of morpholine rings is 1. The molecule has 0 saturated carbocycles. The summed E-state index contributed by atoms with van der Waals surface area (Å²) in [6, 6.07) is 0. The van der Waals surface area contributed by atoms with E-state index in [-0.39, 0.29) is 0 Å². The zero-order valence-corrected chi connectivity index (χ0v) is 7.99. The van der Waals surface area contributed by atoms with Crippen molar-refractivity contribution in [2.24, 2.45) is 9.98 Å². The molecule has 1 heterocycles. The molecule has 0 amide bonds. The molecule has 4 heteroatoms. The zero-order chi connectivity index (χ0) is 9.68. The second-order valence-electron chi connectivity index (χ2n) is 2.90. The van der Waals surface area contributed by atoms with E-state index in [9.17, 15) is 0 Å². The Balaban J connectivity index is 2.64. The number of rotatable bonds is 1. The quantitative estimate of drug-likeness (QED) is 0.445. The first-order chi connectivity index (χ1) is 6.24. The topological polar surface area (TPSA) is 37.2 Å². The van der Waals surface area contributed by atoms with E-state index in [0.29, 0.717) is 5.96 Å². The molecule has 0 N–H and O–H groups in total. The molecule has 72 valence electrons. The van der Waals surface area contributed by atoms with Gasteiger partial charge in [0, 0.05) is 18.8 Å². The molecule has 0 atom stereocenters. The molecule has 0 radical (unpaired) electrons. The van der Waals surface area contributed by atoms with E-state index in [1.807, 2.05) is 11.8 Å². The Morgan fingerprint density at radius 1 is 1.38 bits per heavy atom. The van der Waals surface area contributed by atoms with Crippen LogP contribution in [0.5, 0.6) is 0 Å². The van der Waals surface area contributed by atoms with Crippen LogP contribution < -0.4 is 0 Å². The van der Waals surface area contributed by atoms with Crippen molar-refractivity contribution in [2.45, 2.75) is 6.92 Å². The second-order valence-corrected chi connectivity index (χ2v) is 2.90. The van der Waals surface area contributed by atoms with Crippen LogP contribution in [0, 0.1) is 0 Å². The van der Waals surface area contributed by atoms with Crippen molar-refractivity contribution in [3.05, 3.63) is 12.3 Å². The summed E-state index contributed by atoms with van der Waals surface area (Å²) < 4.78 is 5.22. The molecule has 0 aromatic carbocycles. The third-order valence-corrected chi connectivity index (χ3v) is 1.73. The lowest BCUT2D eigenvalue weighted by atomic mass is 10.4. The predicted octanol–water partition coefficient (Wildman–Crippen LogP) is 0.909. The lowest BCUT2D eigenvalue weighted by molar-refractivity contribution is 0.0676. The smallest absolute Gasteiger partial charge is 0.225 e. The van der Waals surface area contributed by atoms with Gasteiger partial charge in [0.2, 0.25) is 5.96 Å². The van der Waals surface area contributed by atoms with E-state index in [0.717, 1.165) is 32.0 Å². The molecule has 0 bridgehead atoms. The van der Waals surface area contributed by atoms with Crippen molar-refractivity contribution < 1.29 is 4.74 Å². The lowest BCUT2D eigenvalue weighted by Crippen LogP contribution is -2.39. The number of aliphatic imine (C=N–C) groups is 2. The van der Waals surface area contributed by atoms with Crippen LogP contribution in [0.2, 0.25) is 0 Å². The van der Waals surface area contributed by atoms with E-state index in [4.69, 9.17) is 4.74 Å². The van der Waals surface area contributed by atoms with Gasteiger partial charge in [-0.15, -0.1) is 0 Å². The highest BCUT2D eigenvalue weighted by Gasteiger charge is 2.13. The number of nitrogens with zero attached hydrogens (tertiary/aromatic N) is 3. The molecule has 0 unspecified atom stereocenters. The molecule has 1 rings (SSSR count). The van der Waals surface area contributed by atoms with E-state index in [2.05, 4.69) is 23.3 Å². The Hall–Kier alpha value is -1.16. The summed E-state index contributed by atoms with van der Waals surface area (Å²) in [5.41, 5.74) is 0.744. The number of hydrogen-bond acceptors (Lipinski definition) is 2. The second kappa shape index (κ2) is 4.77. The van der Waals surface area contributed by atoms with Crippen LogP contribution in [0.15, 0.2) is 22.3 Å². The molecule has 1 aliphatic heterocycles. The summed E-state index contributed by atoms with van der Waals surface area (Å²) in [7, 11) is 0. The van der Waals surface area contributed by atoms with Crippen molar-refractivity contribution in [3.63, 3.8) is 0 Å². The van der Waals surface area contributed by atoms with Gasteiger partial charge in [-0.25, -0.2) is 9.98 Å². The number of hydrogen-bond donors (Lipinski definition) is 0. The summed E-state index contributed by atoms with van der Waals surface area (Å²) in [5, 5.41) is 0.